The standard InChI is InChI=1S/C12H16N2O6S/c1-8(5-12(15)16)7-13-21(19,20)10-4-3-9(2)11(6-10)14(17)18/h3-4,6,8,13H,5,7H2,1-2H3,(H,15,16). The molecule has 0 bridgehead atoms. The zero-order valence-corrected chi connectivity index (χ0v) is 12.4. The van der Waals surface area contributed by atoms with Gasteiger partial charge in [-0.2, -0.15) is 0 Å². The smallest absolute Gasteiger partial charge is 0.303 e. The molecule has 1 aromatic carbocycles. The van der Waals surface area contributed by atoms with Gasteiger partial charge >= 0.3 is 5.97 Å². The third kappa shape index (κ3) is 4.80. The molecule has 0 aromatic heterocycles. The molecule has 0 spiro atoms. The van der Waals surface area contributed by atoms with Gasteiger partial charge in [0.1, 0.15) is 0 Å². The van der Waals surface area contributed by atoms with Gasteiger partial charge in [-0.3, -0.25) is 14.9 Å². The Kier molecular flexibility index (Phi) is 5.39. The van der Waals surface area contributed by atoms with Crippen LogP contribution in [0.4, 0.5) is 5.69 Å². The molecule has 0 heterocycles. The number of sulfonamides is 1. The summed E-state index contributed by atoms with van der Waals surface area (Å²) in [5.41, 5.74) is 0.0784. The molecule has 1 unspecified atom stereocenters. The lowest BCUT2D eigenvalue weighted by Gasteiger charge is -2.11. The van der Waals surface area contributed by atoms with Crippen LogP contribution in [0.5, 0.6) is 0 Å². The van der Waals surface area contributed by atoms with Gasteiger partial charge in [0, 0.05) is 24.6 Å². The Labute approximate surface area is 122 Å². The number of aliphatic carboxylic acids is 1. The predicted octanol–water partition coefficient (Wildman–Crippen LogP) is 1.29. The average Bonchev–Trinajstić information content (AvgIpc) is 2.35. The van der Waals surface area contributed by atoms with E-state index in [0.29, 0.717) is 5.56 Å². The number of nitro benzene ring substituents is 1. The van der Waals surface area contributed by atoms with Crippen molar-refractivity contribution < 1.29 is 23.2 Å². The van der Waals surface area contributed by atoms with E-state index in [-0.39, 0.29) is 23.5 Å². The van der Waals surface area contributed by atoms with Crippen LogP contribution in [0.3, 0.4) is 0 Å². The molecule has 1 rings (SSSR count). The summed E-state index contributed by atoms with van der Waals surface area (Å²) in [7, 11) is -3.91. The van der Waals surface area contributed by atoms with Crippen LogP contribution in [0, 0.1) is 23.0 Å². The summed E-state index contributed by atoms with van der Waals surface area (Å²) in [4.78, 5) is 20.5. The molecule has 2 N–H and O–H groups in total. The number of carbonyl (C=O) groups is 1. The van der Waals surface area contributed by atoms with E-state index in [0.717, 1.165) is 6.07 Å². The van der Waals surface area contributed by atoms with E-state index in [1.165, 1.54) is 19.1 Å². The molecule has 21 heavy (non-hydrogen) atoms. The summed E-state index contributed by atoms with van der Waals surface area (Å²) in [6, 6.07) is 3.61. The monoisotopic (exact) mass is 316 g/mol. The molecule has 0 amide bonds. The minimum absolute atomic E-state index is 0.0592. The third-order valence-electron chi connectivity index (χ3n) is 2.83. The molecule has 0 aliphatic carbocycles. The number of nitrogens with one attached hydrogen (secondary N) is 1. The Morgan fingerprint density at radius 3 is 2.62 bits per heavy atom. The average molecular weight is 316 g/mol. The van der Waals surface area contributed by atoms with Crippen molar-refractivity contribution in [3.05, 3.63) is 33.9 Å². The van der Waals surface area contributed by atoms with Crippen LogP contribution < -0.4 is 4.72 Å². The van der Waals surface area contributed by atoms with E-state index in [9.17, 15) is 23.3 Å². The second kappa shape index (κ2) is 6.64. The van der Waals surface area contributed by atoms with E-state index in [1.54, 1.807) is 6.92 Å². The number of hydrogen-bond donors (Lipinski definition) is 2. The van der Waals surface area contributed by atoms with Gasteiger partial charge in [0.2, 0.25) is 10.0 Å². The second-order valence-corrected chi connectivity index (χ2v) is 6.53. The third-order valence-corrected chi connectivity index (χ3v) is 4.25. The second-order valence-electron chi connectivity index (χ2n) is 4.76. The lowest BCUT2D eigenvalue weighted by atomic mass is 10.1. The molecular formula is C12H16N2O6S. The van der Waals surface area contributed by atoms with Gasteiger partial charge in [-0.1, -0.05) is 13.0 Å². The predicted molar refractivity (Wildman–Crippen MR) is 74.4 cm³/mol. The Morgan fingerprint density at radius 2 is 2.10 bits per heavy atom. The van der Waals surface area contributed by atoms with Gasteiger partial charge < -0.3 is 5.11 Å². The summed E-state index contributed by atoms with van der Waals surface area (Å²) in [5, 5.41) is 19.4. The number of benzene rings is 1. The minimum Gasteiger partial charge on any atom is -0.481 e. The number of carboxylic acids is 1. The fourth-order valence-corrected chi connectivity index (χ4v) is 2.84. The van der Waals surface area contributed by atoms with Gasteiger partial charge in [-0.05, 0) is 18.9 Å². The highest BCUT2D eigenvalue weighted by Gasteiger charge is 2.20. The SMILES string of the molecule is Cc1ccc(S(=O)(=O)NCC(C)CC(=O)O)cc1[N+](=O)[O-]. The molecule has 9 heteroatoms. The number of nitrogens with zero attached hydrogens (tertiary/aromatic N) is 1. The highest BCUT2D eigenvalue weighted by molar-refractivity contribution is 7.89. The summed E-state index contributed by atoms with van der Waals surface area (Å²) in [6.07, 6.45) is -0.170. The fraction of sp³-hybridized carbons (Fsp3) is 0.417. The highest BCUT2D eigenvalue weighted by Crippen LogP contribution is 2.22. The van der Waals surface area contributed by atoms with E-state index in [4.69, 9.17) is 5.11 Å². The topological polar surface area (TPSA) is 127 Å². The Bertz CT molecular complexity index is 656. The first kappa shape index (κ1) is 17.1. The van der Waals surface area contributed by atoms with Gasteiger partial charge in [0.25, 0.3) is 5.69 Å². The van der Waals surface area contributed by atoms with Gasteiger partial charge in [0.15, 0.2) is 0 Å². The maximum Gasteiger partial charge on any atom is 0.303 e. The molecule has 0 radical (unpaired) electrons. The van der Waals surface area contributed by atoms with E-state index in [2.05, 4.69) is 4.72 Å². The summed E-state index contributed by atoms with van der Waals surface area (Å²) < 4.78 is 26.3. The molecule has 0 aliphatic heterocycles. The zero-order chi connectivity index (χ0) is 16.2. The number of carboxylic acid groups (broad SMARTS) is 1. The van der Waals surface area contributed by atoms with Crippen molar-refractivity contribution in [2.45, 2.75) is 25.2 Å². The number of hydrogen-bond acceptors (Lipinski definition) is 5. The van der Waals surface area contributed by atoms with Crippen molar-refractivity contribution in [1.29, 1.82) is 0 Å². The summed E-state index contributed by atoms with van der Waals surface area (Å²) >= 11 is 0. The van der Waals surface area contributed by atoms with Crippen LogP contribution in [0.15, 0.2) is 23.1 Å². The van der Waals surface area contributed by atoms with Gasteiger partial charge in [0.05, 0.1) is 9.82 Å². The lowest BCUT2D eigenvalue weighted by molar-refractivity contribution is -0.385. The van der Waals surface area contributed by atoms with Crippen molar-refractivity contribution >= 4 is 21.7 Å². The maximum atomic E-state index is 12.0. The largest absolute Gasteiger partial charge is 0.481 e. The van der Waals surface area contributed by atoms with Crippen molar-refractivity contribution in [1.82, 2.24) is 4.72 Å². The number of nitro groups is 1. The highest BCUT2D eigenvalue weighted by atomic mass is 32.2. The van der Waals surface area contributed by atoms with Crippen LogP contribution in [0.2, 0.25) is 0 Å². The van der Waals surface area contributed by atoms with Crippen molar-refractivity contribution in [2.24, 2.45) is 5.92 Å². The summed E-state index contributed by atoms with van der Waals surface area (Å²) in [6.45, 7) is 3.04. The number of aryl methyl sites for hydroxylation is 1. The Balaban J connectivity index is 2.91. The quantitative estimate of drug-likeness (QED) is 0.576. The lowest BCUT2D eigenvalue weighted by Crippen LogP contribution is -2.29. The van der Waals surface area contributed by atoms with E-state index >= 15 is 0 Å². The van der Waals surface area contributed by atoms with E-state index in [1.807, 2.05) is 0 Å². The molecule has 1 atom stereocenters. The molecule has 0 saturated heterocycles. The Hall–Kier alpha value is -2.00. The fourth-order valence-electron chi connectivity index (χ4n) is 1.66. The van der Waals surface area contributed by atoms with Crippen molar-refractivity contribution in [2.75, 3.05) is 6.54 Å². The molecule has 0 fully saturated rings. The minimum atomic E-state index is -3.91. The zero-order valence-electron chi connectivity index (χ0n) is 11.6. The molecule has 1 aromatic rings. The number of rotatable bonds is 7. The summed E-state index contributed by atoms with van der Waals surface area (Å²) in [5.74, 6) is -1.41. The Morgan fingerprint density at radius 1 is 1.48 bits per heavy atom. The van der Waals surface area contributed by atoms with Gasteiger partial charge in [-0.15, -0.1) is 0 Å². The van der Waals surface area contributed by atoms with Crippen molar-refractivity contribution in [3.8, 4) is 0 Å². The van der Waals surface area contributed by atoms with Crippen LogP contribution in [-0.4, -0.2) is 31.0 Å². The maximum absolute atomic E-state index is 12.0. The molecule has 116 valence electrons. The van der Waals surface area contributed by atoms with Crippen molar-refractivity contribution in [3.63, 3.8) is 0 Å². The van der Waals surface area contributed by atoms with Crippen LogP contribution in [0.1, 0.15) is 18.9 Å². The molecule has 0 aliphatic rings. The van der Waals surface area contributed by atoms with Gasteiger partial charge in [-0.25, -0.2) is 13.1 Å². The molecular weight excluding hydrogens is 300 g/mol. The van der Waals surface area contributed by atoms with E-state index < -0.39 is 26.8 Å². The first-order valence-corrected chi connectivity index (χ1v) is 7.58. The van der Waals surface area contributed by atoms with Crippen LogP contribution in [0.25, 0.3) is 0 Å². The molecule has 0 saturated carbocycles. The first-order valence-electron chi connectivity index (χ1n) is 6.10. The molecule has 8 nitrogen and oxygen atoms in total. The first-order chi connectivity index (χ1) is 9.63. The van der Waals surface area contributed by atoms with Crippen LogP contribution in [-0.2, 0) is 14.8 Å². The normalized spacial score (nSPS) is 12.9. The van der Waals surface area contributed by atoms with Crippen LogP contribution >= 0.6 is 0 Å².